The van der Waals surface area contributed by atoms with Crippen molar-refractivity contribution >= 4 is 11.6 Å². The average molecular weight is 340 g/mol. The van der Waals surface area contributed by atoms with Crippen LogP contribution in [-0.4, -0.2) is 23.3 Å². The standard InChI is InChI=1S/C22H28O3/c1-13-10-18-16-5-4-14-11-15(24)6-8-21(14,2)17(16)7-9-22(18,3)20(13)19(25)12-23/h6-8,11,13,16,18,20,23H,4-5,9-10,12H2,1-3H3/t13-,16?,18?,20-,21?,22?/m1/s1. The van der Waals surface area contributed by atoms with Gasteiger partial charge >= 0.3 is 0 Å². The second-order valence-corrected chi connectivity index (χ2v) is 9.04. The molecule has 134 valence electrons. The molecule has 1 N–H and O–H groups in total. The van der Waals surface area contributed by atoms with Crippen molar-refractivity contribution in [2.24, 2.45) is 34.5 Å². The molecule has 0 bridgehead atoms. The second kappa shape index (κ2) is 5.51. The second-order valence-electron chi connectivity index (χ2n) is 9.04. The van der Waals surface area contributed by atoms with Gasteiger partial charge in [0.05, 0.1) is 0 Å². The van der Waals surface area contributed by atoms with Crippen molar-refractivity contribution in [2.75, 3.05) is 6.61 Å². The fraction of sp³-hybridized carbons (Fsp3) is 0.636. The number of aliphatic hydroxyl groups excluding tert-OH is 1. The quantitative estimate of drug-likeness (QED) is 0.781. The lowest BCUT2D eigenvalue weighted by atomic mass is 9.52. The lowest BCUT2D eigenvalue weighted by Gasteiger charge is -2.52. The zero-order valence-electron chi connectivity index (χ0n) is 15.4. The zero-order valence-corrected chi connectivity index (χ0v) is 15.4. The summed E-state index contributed by atoms with van der Waals surface area (Å²) < 4.78 is 0. The minimum atomic E-state index is -0.339. The molecule has 4 aliphatic rings. The number of ketones is 2. The normalized spacial score (nSPS) is 45.2. The van der Waals surface area contributed by atoms with Gasteiger partial charge in [0, 0.05) is 11.3 Å². The van der Waals surface area contributed by atoms with E-state index in [2.05, 4.69) is 32.9 Å². The molecule has 25 heavy (non-hydrogen) atoms. The monoisotopic (exact) mass is 340 g/mol. The smallest absolute Gasteiger partial charge is 0.178 e. The molecule has 0 heterocycles. The van der Waals surface area contributed by atoms with Gasteiger partial charge in [0.1, 0.15) is 6.61 Å². The van der Waals surface area contributed by atoms with Crippen molar-refractivity contribution in [3.05, 3.63) is 35.5 Å². The maximum absolute atomic E-state index is 12.4. The van der Waals surface area contributed by atoms with Crippen LogP contribution in [-0.2, 0) is 9.59 Å². The van der Waals surface area contributed by atoms with Crippen LogP contribution in [0.4, 0.5) is 0 Å². The van der Waals surface area contributed by atoms with Crippen molar-refractivity contribution in [3.63, 3.8) is 0 Å². The highest BCUT2D eigenvalue weighted by Gasteiger charge is 2.59. The van der Waals surface area contributed by atoms with E-state index >= 15 is 0 Å². The molecule has 4 aliphatic carbocycles. The zero-order chi connectivity index (χ0) is 18.0. The minimum Gasteiger partial charge on any atom is -0.389 e. The molecule has 0 radical (unpaired) electrons. The number of Topliss-reactive ketones (excluding diaryl/α,β-unsaturated/α-hetero) is 1. The number of hydrogen-bond donors (Lipinski definition) is 1. The molecule has 3 nitrogen and oxygen atoms in total. The van der Waals surface area contributed by atoms with Gasteiger partial charge in [-0.3, -0.25) is 9.59 Å². The molecule has 0 saturated heterocycles. The maximum Gasteiger partial charge on any atom is 0.178 e. The molecule has 0 aromatic heterocycles. The van der Waals surface area contributed by atoms with Gasteiger partial charge in [0.15, 0.2) is 11.6 Å². The molecule has 6 atom stereocenters. The Morgan fingerprint density at radius 1 is 1.36 bits per heavy atom. The number of allylic oxidation sites excluding steroid dienone is 6. The highest BCUT2D eigenvalue weighted by atomic mass is 16.3. The Labute approximate surface area is 149 Å². The van der Waals surface area contributed by atoms with E-state index in [9.17, 15) is 14.7 Å². The van der Waals surface area contributed by atoms with Crippen LogP contribution in [0.25, 0.3) is 0 Å². The molecule has 2 saturated carbocycles. The third-order valence-corrected chi connectivity index (χ3v) is 7.79. The van der Waals surface area contributed by atoms with Crippen LogP contribution in [0, 0.1) is 34.5 Å². The average Bonchev–Trinajstić information content (AvgIpc) is 2.85. The van der Waals surface area contributed by atoms with E-state index in [1.165, 1.54) is 11.1 Å². The Hall–Kier alpha value is -1.48. The van der Waals surface area contributed by atoms with E-state index in [1.54, 1.807) is 6.08 Å². The summed E-state index contributed by atoms with van der Waals surface area (Å²) in [5.74, 6) is 1.39. The third-order valence-electron chi connectivity index (χ3n) is 7.79. The number of aliphatic hydroxyl groups is 1. The van der Waals surface area contributed by atoms with Crippen LogP contribution in [0.2, 0.25) is 0 Å². The summed E-state index contributed by atoms with van der Waals surface area (Å²) in [6, 6.07) is 0. The minimum absolute atomic E-state index is 0.0140. The van der Waals surface area contributed by atoms with E-state index in [-0.39, 0.29) is 34.9 Å². The Kier molecular flexibility index (Phi) is 3.74. The fourth-order valence-electron chi connectivity index (χ4n) is 6.67. The molecule has 4 unspecified atom stereocenters. The Balaban J connectivity index is 1.75. The largest absolute Gasteiger partial charge is 0.389 e. The van der Waals surface area contributed by atoms with E-state index in [0.29, 0.717) is 17.8 Å². The number of hydrogen-bond acceptors (Lipinski definition) is 3. The van der Waals surface area contributed by atoms with E-state index in [1.807, 2.05) is 6.08 Å². The fourth-order valence-corrected chi connectivity index (χ4v) is 6.67. The van der Waals surface area contributed by atoms with Crippen LogP contribution in [0.3, 0.4) is 0 Å². The molecular formula is C22H28O3. The number of fused-ring (bicyclic) bond motifs is 5. The van der Waals surface area contributed by atoms with Crippen LogP contribution in [0.15, 0.2) is 35.5 Å². The molecular weight excluding hydrogens is 312 g/mol. The highest BCUT2D eigenvalue weighted by molar-refractivity contribution is 6.01. The highest BCUT2D eigenvalue weighted by Crippen LogP contribution is 2.65. The van der Waals surface area contributed by atoms with E-state index in [4.69, 9.17) is 0 Å². The van der Waals surface area contributed by atoms with Gasteiger partial charge in [0.2, 0.25) is 0 Å². The summed E-state index contributed by atoms with van der Waals surface area (Å²) in [6.07, 6.45) is 12.0. The van der Waals surface area contributed by atoms with Gasteiger partial charge < -0.3 is 5.11 Å². The summed E-state index contributed by atoms with van der Waals surface area (Å²) in [6.45, 7) is 6.35. The first-order chi connectivity index (χ1) is 11.8. The molecule has 4 rings (SSSR count). The lowest BCUT2D eigenvalue weighted by Crippen LogP contribution is -2.45. The Bertz CT molecular complexity index is 728. The number of rotatable bonds is 2. The number of carbonyl (C=O) groups excluding carboxylic acids is 2. The van der Waals surface area contributed by atoms with Crippen molar-refractivity contribution in [1.29, 1.82) is 0 Å². The first-order valence-corrected chi connectivity index (χ1v) is 9.59. The first kappa shape index (κ1) is 17.0. The Morgan fingerprint density at radius 2 is 2.12 bits per heavy atom. The molecule has 0 aliphatic heterocycles. The SMILES string of the molecule is C[C@@H]1CC2C3CCC4=CC(=O)C=CC4(C)C3=CCC2(C)[C@H]1C(=O)CO. The van der Waals surface area contributed by atoms with Gasteiger partial charge in [0.25, 0.3) is 0 Å². The van der Waals surface area contributed by atoms with Crippen molar-refractivity contribution in [2.45, 2.75) is 46.5 Å². The van der Waals surface area contributed by atoms with Crippen LogP contribution in [0.1, 0.15) is 46.5 Å². The van der Waals surface area contributed by atoms with Crippen molar-refractivity contribution in [3.8, 4) is 0 Å². The van der Waals surface area contributed by atoms with Crippen LogP contribution >= 0.6 is 0 Å². The van der Waals surface area contributed by atoms with Crippen molar-refractivity contribution < 1.29 is 14.7 Å². The predicted octanol–water partition coefficient (Wildman–Crippen LogP) is 3.64. The summed E-state index contributed by atoms with van der Waals surface area (Å²) in [5.41, 5.74) is 2.54. The first-order valence-electron chi connectivity index (χ1n) is 9.59. The van der Waals surface area contributed by atoms with E-state index < -0.39 is 0 Å². The van der Waals surface area contributed by atoms with Crippen LogP contribution < -0.4 is 0 Å². The summed E-state index contributed by atoms with van der Waals surface area (Å²) in [5, 5.41) is 9.46. The lowest BCUT2D eigenvalue weighted by molar-refractivity contribution is -0.131. The molecule has 0 aromatic carbocycles. The molecule has 0 spiro atoms. The molecule has 2 fully saturated rings. The number of carbonyl (C=O) groups is 2. The predicted molar refractivity (Wildman–Crippen MR) is 96.7 cm³/mol. The summed E-state index contributed by atoms with van der Waals surface area (Å²) in [7, 11) is 0. The summed E-state index contributed by atoms with van der Waals surface area (Å²) in [4.78, 5) is 24.2. The van der Waals surface area contributed by atoms with E-state index in [0.717, 1.165) is 25.7 Å². The molecule has 0 aromatic rings. The topological polar surface area (TPSA) is 54.4 Å². The van der Waals surface area contributed by atoms with Gasteiger partial charge in [-0.1, -0.05) is 37.1 Å². The van der Waals surface area contributed by atoms with Gasteiger partial charge in [-0.05, 0) is 67.9 Å². The maximum atomic E-state index is 12.4. The van der Waals surface area contributed by atoms with Crippen LogP contribution in [0.5, 0.6) is 0 Å². The third kappa shape index (κ3) is 2.21. The van der Waals surface area contributed by atoms with Crippen molar-refractivity contribution in [1.82, 2.24) is 0 Å². The van der Waals surface area contributed by atoms with Gasteiger partial charge in [-0.25, -0.2) is 0 Å². The molecule has 0 amide bonds. The summed E-state index contributed by atoms with van der Waals surface area (Å²) >= 11 is 0. The molecule has 3 heteroatoms. The van der Waals surface area contributed by atoms with Gasteiger partial charge in [-0.2, -0.15) is 0 Å². The van der Waals surface area contributed by atoms with Gasteiger partial charge in [-0.15, -0.1) is 0 Å². The Morgan fingerprint density at radius 3 is 2.84 bits per heavy atom.